The van der Waals surface area contributed by atoms with Crippen molar-refractivity contribution >= 4 is 22.9 Å². The lowest BCUT2D eigenvalue weighted by atomic mass is 10.3. The van der Waals surface area contributed by atoms with Crippen LogP contribution in [0.2, 0.25) is 0 Å². The molecule has 2 heterocycles. The van der Waals surface area contributed by atoms with Crippen molar-refractivity contribution in [3.8, 4) is 10.6 Å². The Labute approximate surface area is 97.9 Å². The number of thiophene rings is 1. The summed E-state index contributed by atoms with van der Waals surface area (Å²) in [6.07, 6.45) is 2.46. The predicted molar refractivity (Wildman–Crippen MR) is 63.7 cm³/mol. The van der Waals surface area contributed by atoms with Crippen molar-refractivity contribution in [3.05, 3.63) is 28.6 Å². The molecule has 0 amide bonds. The molecule has 0 aromatic carbocycles. The quantitative estimate of drug-likeness (QED) is 0.764. The summed E-state index contributed by atoms with van der Waals surface area (Å²) in [5, 5.41) is 0. The number of nitrogens with zero attached hydrogens (tertiary/aromatic N) is 1. The number of oxazole rings is 1. The van der Waals surface area contributed by atoms with Crippen LogP contribution in [0, 0.1) is 13.8 Å². The van der Waals surface area contributed by atoms with Crippen LogP contribution < -0.4 is 0 Å². The van der Waals surface area contributed by atoms with E-state index in [1.165, 1.54) is 10.4 Å². The van der Waals surface area contributed by atoms with Crippen LogP contribution in [0.15, 0.2) is 16.7 Å². The molecular formula is C11H12ClNOS. The van der Waals surface area contributed by atoms with Crippen molar-refractivity contribution in [2.45, 2.75) is 20.3 Å². The fourth-order valence-electron chi connectivity index (χ4n) is 1.32. The minimum atomic E-state index is 0.544. The summed E-state index contributed by atoms with van der Waals surface area (Å²) in [6, 6.07) is 2.13. The number of aryl methyl sites for hydroxylation is 3. The molecule has 2 aromatic heterocycles. The van der Waals surface area contributed by atoms with Crippen LogP contribution in [-0.4, -0.2) is 10.9 Å². The van der Waals surface area contributed by atoms with Gasteiger partial charge in [0, 0.05) is 17.2 Å². The lowest BCUT2D eigenvalue weighted by molar-refractivity contribution is 0.515. The van der Waals surface area contributed by atoms with Gasteiger partial charge in [-0.3, -0.25) is 0 Å². The van der Waals surface area contributed by atoms with E-state index in [-0.39, 0.29) is 0 Å². The Kier molecular flexibility index (Phi) is 3.12. The Morgan fingerprint density at radius 1 is 1.47 bits per heavy atom. The maximum atomic E-state index is 5.62. The van der Waals surface area contributed by atoms with E-state index in [1.54, 1.807) is 17.5 Å². The van der Waals surface area contributed by atoms with E-state index >= 15 is 0 Å². The number of alkyl halides is 1. The van der Waals surface area contributed by atoms with Crippen molar-refractivity contribution in [2.75, 3.05) is 5.88 Å². The van der Waals surface area contributed by atoms with Gasteiger partial charge in [-0.05, 0) is 25.5 Å². The van der Waals surface area contributed by atoms with Gasteiger partial charge < -0.3 is 4.42 Å². The molecule has 2 nitrogen and oxygen atoms in total. The number of rotatable bonds is 3. The molecule has 0 fully saturated rings. The van der Waals surface area contributed by atoms with Gasteiger partial charge in [0.2, 0.25) is 0 Å². The first-order valence-electron chi connectivity index (χ1n) is 4.79. The molecule has 0 aliphatic carbocycles. The molecule has 80 valence electrons. The van der Waals surface area contributed by atoms with E-state index in [2.05, 4.69) is 24.9 Å². The maximum absolute atomic E-state index is 5.62. The second kappa shape index (κ2) is 4.37. The molecule has 4 heteroatoms. The molecule has 0 saturated carbocycles. The summed E-state index contributed by atoms with van der Waals surface area (Å²) in [6.45, 7) is 4.21. The third-order valence-corrected chi connectivity index (χ3v) is 3.63. The Hall–Kier alpha value is -0.800. The first-order chi connectivity index (χ1) is 7.20. The largest absolute Gasteiger partial charge is 0.440 e. The Balaban J connectivity index is 2.28. The fraction of sp³-hybridized carbons (Fsp3) is 0.364. The van der Waals surface area contributed by atoms with Crippen molar-refractivity contribution < 1.29 is 4.42 Å². The SMILES string of the molecule is Cc1cc(-c2cnc(CCCl)o2)sc1C. The molecule has 2 rings (SSSR count). The van der Waals surface area contributed by atoms with Crippen LogP contribution in [0.3, 0.4) is 0 Å². The average molecular weight is 242 g/mol. The predicted octanol–water partition coefficient (Wildman–Crippen LogP) is 3.80. The highest BCUT2D eigenvalue weighted by atomic mass is 35.5. The molecule has 0 aliphatic heterocycles. The van der Waals surface area contributed by atoms with Crippen LogP contribution in [0.1, 0.15) is 16.3 Å². The number of hydrogen-bond acceptors (Lipinski definition) is 3. The number of halogens is 1. The zero-order valence-corrected chi connectivity index (χ0v) is 10.3. The Bertz CT molecular complexity index is 441. The first-order valence-corrected chi connectivity index (χ1v) is 6.14. The van der Waals surface area contributed by atoms with Gasteiger partial charge in [0.25, 0.3) is 0 Å². The Morgan fingerprint density at radius 3 is 2.87 bits per heavy atom. The number of aromatic nitrogens is 1. The number of hydrogen-bond donors (Lipinski definition) is 0. The van der Waals surface area contributed by atoms with Gasteiger partial charge in [0.1, 0.15) is 0 Å². The van der Waals surface area contributed by atoms with Gasteiger partial charge >= 0.3 is 0 Å². The van der Waals surface area contributed by atoms with Crippen LogP contribution >= 0.6 is 22.9 Å². The van der Waals surface area contributed by atoms with E-state index in [9.17, 15) is 0 Å². The minimum absolute atomic E-state index is 0.544. The first kappa shape index (κ1) is 10.7. The second-order valence-electron chi connectivity index (χ2n) is 3.41. The lowest BCUT2D eigenvalue weighted by Gasteiger charge is -1.89. The fourth-order valence-corrected chi connectivity index (χ4v) is 2.46. The maximum Gasteiger partial charge on any atom is 0.196 e. The second-order valence-corrected chi connectivity index (χ2v) is 5.04. The van der Waals surface area contributed by atoms with Gasteiger partial charge in [-0.2, -0.15) is 0 Å². The van der Waals surface area contributed by atoms with Crippen LogP contribution in [-0.2, 0) is 6.42 Å². The molecule has 0 N–H and O–H groups in total. The molecule has 0 saturated heterocycles. The van der Waals surface area contributed by atoms with Crippen LogP contribution in [0.4, 0.5) is 0 Å². The van der Waals surface area contributed by atoms with Crippen LogP contribution in [0.5, 0.6) is 0 Å². The molecular weight excluding hydrogens is 230 g/mol. The van der Waals surface area contributed by atoms with Gasteiger partial charge in [-0.25, -0.2) is 4.98 Å². The van der Waals surface area contributed by atoms with E-state index in [0.717, 1.165) is 10.6 Å². The van der Waals surface area contributed by atoms with E-state index in [4.69, 9.17) is 16.0 Å². The zero-order valence-electron chi connectivity index (χ0n) is 8.71. The van der Waals surface area contributed by atoms with E-state index < -0.39 is 0 Å². The van der Waals surface area contributed by atoms with E-state index in [0.29, 0.717) is 18.2 Å². The minimum Gasteiger partial charge on any atom is -0.440 e. The highest BCUT2D eigenvalue weighted by Gasteiger charge is 2.09. The van der Waals surface area contributed by atoms with Gasteiger partial charge in [0.15, 0.2) is 11.7 Å². The van der Waals surface area contributed by atoms with Crippen molar-refractivity contribution in [3.63, 3.8) is 0 Å². The smallest absolute Gasteiger partial charge is 0.196 e. The topological polar surface area (TPSA) is 26.0 Å². The summed E-state index contributed by atoms with van der Waals surface area (Å²) < 4.78 is 5.59. The highest BCUT2D eigenvalue weighted by Crippen LogP contribution is 2.31. The molecule has 0 unspecified atom stereocenters. The zero-order chi connectivity index (χ0) is 10.8. The third kappa shape index (κ3) is 2.24. The molecule has 0 aliphatic rings. The standard InChI is InChI=1S/C11H12ClNOS/c1-7-5-10(15-8(7)2)9-6-13-11(14-9)3-4-12/h5-6H,3-4H2,1-2H3. The molecule has 0 radical (unpaired) electrons. The van der Waals surface area contributed by atoms with Crippen molar-refractivity contribution in [2.24, 2.45) is 0 Å². The molecule has 15 heavy (non-hydrogen) atoms. The van der Waals surface area contributed by atoms with Gasteiger partial charge in [0.05, 0.1) is 11.1 Å². The van der Waals surface area contributed by atoms with Crippen LogP contribution in [0.25, 0.3) is 10.6 Å². The summed E-state index contributed by atoms with van der Waals surface area (Å²) in [4.78, 5) is 6.63. The summed E-state index contributed by atoms with van der Waals surface area (Å²) in [5.74, 6) is 2.10. The molecule has 0 spiro atoms. The van der Waals surface area contributed by atoms with E-state index in [1.807, 2.05) is 0 Å². The molecule has 2 aromatic rings. The summed E-state index contributed by atoms with van der Waals surface area (Å²) in [5.41, 5.74) is 1.30. The third-order valence-electron chi connectivity index (χ3n) is 2.27. The van der Waals surface area contributed by atoms with Crippen molar-refractivity contribution in [1.82, 2.24) is 4.98 Å². The monoisotopic (exact) mass is 241 g/mol. The van der Waals surface area contributed by atoms with Crippen molar-refractivity contribution in [1.29, 1.82) is 0 Å². The Morgan fingerprint density at radius 2 is 2.27 bits per heavy atom. The average Bonchev–Trinajstić information content (AvgIpc) is 2.76. The van der Waals surface area contributed by atoms with Gasteiger partial charge in [-0.15, -0.1) is 22.9 Å². The molecule has 0 atom stereocenters. The normalized spacial score (nSPS) is 10.9. The summed E-state index contributed by atoms with van der Waals surface area (Å²) in [7, 11) is 0. The summed E-state index contributed by atoms with van der Waals surface area (Å²) >= 11 is 7.36. The lowest BCUT2D eigenvalue weighted by Crippen LogP contribution is -1.83. The molecule has 0 bridgehead atoms. The highest BCUT2D eigenvalue weighted by molar-refractivity contribution is 7.15. The van der Waals surface area contributed by atoms with Gasteiger partial charge in [-0.1, -0.05) is 0 Å².